The molecule has 0 spiro atoms. The first-order valence-corrected chi connectivity index (χ1v) is 4.85. The lowest BCUT2D eigenvalue weighted by atomic mass is 9.98. The first kappa shape index (κ1) is 13.1. The van der Waals surface area contributed by atoms with E-state index in [0.717, 1.165) is 0 Å². The minimum Gasteiger partial charge on any atom is -0.462 e. The number of esters is 1. The van der Waals surface area contributed by atoms with Gasteiger partial charge in [-0.15, -0.1) is 0 Å². The van der Waals surface area contributed by atoms with Crippen LogP contribution in [0.15, 0.2) is 0 Å². The molecule has 0 heterocycles. The van der Waals surface area contributed by atoms with Crippen LogP contribution in [0.25, 0.3) is 0 Å². The standard InChI is InChI=1S/C10H20N2O2/c1-6(2)14-10(13)9(12)5-7(3)8(4)11/h6-7,9,11H,5,12H2,1-4H3/t7?,9-/m0/s1. The summed E-state index contributed by atoms with van der Waals surface area (Å²) >= 11 is 0. The average molecular weight is 200 g/mol. The molecule has 0 aromatic carbocycles. The van der Waals surface area contributed by atoms with Crippen LogP contribution in [-0.4, -0.2) is 23.8 Å². The highest BCUT2D eigenvalue weighted by atomic mass is 16.5. The Morgan fingerprint density at radius 1 is 1.43 bits per heavy atom. The zero-order chi connectivity index (χ0) is 11.3. The van der Waals surface area contributed by atoms with Gasteiger partial charge in [-0.3, -0.25) is 4.79 Å². The van der Waals surface area contributed by atoms with E-state index in [1.807, 2.05) is 6.92 Å². The maximum absolute atomic E-state index is 11.3. The normalized spacial score (nSPS) is 15.0. The van der Waals surface area contributed by atoms with Crippen LogP contribution < -0.4 is 5.73 Å². The Morgan fingerprint density at radius 2 is 1.93 bits per heavy atom. The molecule has 0 saturated heterocycles. The second kappa shape index (κ2) is 5.75. The first-order chi connectivity index (χ1) is 6.34. The van der Waals surface area contributed by atoms with Gasteiger partial charge in [0.25, 0.3) is 0 Å². The fourth-order valence-electron chi connectivity index (χ4n) is 0.974. The molecule has 14 heavy (non-hydrogen) atoms. The van der Waals surface area contributed by atoms with Gasteiger partial charge in [0.05, 0.1) is 6.10 Å². The van der Waals surface area contributed by atoms with Crippen molar-refractivity contribution in [1.82, 2.24) is 0 Å². The van der Waals surface area contributed by atoms with Crippen molar-refractivity contribution in [3.63, 3.8) is 0 Å². The zero-order valence-electron chi connectivity index (χ0n) is 9.33. The third-order valence-corrected chi connectivity index (χ3v) is 2.00. The fourth-order valence-corrected chi connectivity index (χ4v) is 0.974. The van der Waals surface area contributed by atoms with E-state index in [9.17, 15) is 4.79 Å². The minimum atomic E-state index is -0.618. The van der Waals surface area contributed by atoms with Gasteiger partial charge in [-0.25, -0.2) is 0 Å². The van der Waals surface area contributed by atoms with Crippen LogP contribution in [0.1, 0.15) is 34.1 Å². The molecule has 3 N–H and O–H groups in total. The van der Waals surface area contributed by atoms with Gasteiger partial charge in [-0.1, -0.05) is 6.92 Å². The Morgan fingerprint density at radius 3 is 2.29 bits per heavy atom. The second-order valence-electron chi connectivity index (χ2n) is 3.91. The van der Waals surface area contributed by atoms with E-state index in [4.69, 9.17) is 15.9 Å². The number of hydrogen-bond acceptors (Lipinski definition) is 4. The first-order valence-electron chi connectivity index (χ1n) is 4.85. The minimum absolute atomic E-state index is 0.0321. The molecule has 0 fully saturated rings. The predicted octanol–water partition coefficient (Wildman–Crippen LogP) is 1.33. The monoisotopic (exact) mass is 200 g/mol. The van der Waals surface area contributed by atoms with Gasteiger partial charge in [-0.05, 0) is 33.1 Å². The Kier molecular flexibility index (Phi) is 5.38. The predicted molar refractivity (Wildman–Crippen MR) is 56.4 cm³/mol. The maximum Gasteiger partial charge on any atom is 0.323 e. The average Bonchev–Trinajstić information content (AvgIpc) is 2.02. The topological polar surface area (TPSA) is 76.2 Å². The molecule has 0 bridgehead atoms. The van der Waals surface area contributed by atoms with Crippen LogP contribution in [0.5, 0.6) is 0 Å². The Labute approximate surface area is 85.3 Å². The maximum atomic E-state index is 11.3. The summed E-state index contributed by atoms with van der Waals surface area (Å²) in [7, 11) is 0. The summed E-state index contributed by atoms with van der Waals surface area (Å²) in [6, 6.07) is -0.618. The summed E-state index contributed by atoms with van der Waals surface area (Å²) < 4.78 is 4.96. The largest absolute Gasteiger partial charge is 0.462 e. The molecule has 1 unspecified atom stereocenters. The van der Waals surface area contributed by atoms with Crippen LogP contribution in [0, 0.1) is 11.3 Å². The lowest BCUT2D eigenvalue weighted by Gasteiger charge is -2.16. The molecule has 0 rings (SSSR count). The van der Waals surface area contributed by atoms with Crippen molar-refractivity contribution in [2.75, 3.05) is 0 Å². The third-order valence-electron chi connectivity index (χ3n) is 2.00. The summed E-state index contributed by atoms with van der Waals surface area (Å²) in [4.78, 5) is 11.3. The Hall–Kier alpha value is -0.900. The van der Waals surface area contributed by atoms with Gasteiger partial charge in [0.15, 0.2) is 0 Å². The molecule has 0 radical (unpaired) electrons. The van der Waals surface area contributed by atoms with Crippen molar-refractivity contribution < 1.29 is 9.53 Å². The molecule has 0 amide bonds. The molecular weight excluding hydrogens is 180 g/mol. The number of nitrogens with two attached hydrogens (primary N) is 1. The summed E-state index contributed by atoms with van der Waals surface area (Å²) in [5.74, 6) is -0.349. The summed E-state index contributed by atoms with van der Waals surface area (Å²) in [5.41, 5.74) is 6.17. The highest BCUT2D eigenvalue weighted by molar-refractivity contribution is 5.82. The molecule has 4 nitrogen and oxygen atoms in total. The molecule has 2 atom stereocenters. The number of nitrogens with one attached hydrogen (secondary N) is 1. The molecule has 0 aliphatic heterocycles. The van der Waals surface area contributed by atoms with Crippen molar-refractivity contribution in [3.8, 4) is 0 Å². The highest BCUT2D eigenvalue weighted by Crippen LogP contribution is 2.07. The molecule has 0 aromatic rings. The SMILES string of the molecule is CC(=N)C(C)C[C@H](N)C(=O)OC(C)C. The van der Waals surface area contributed by atoms with E-state index >= 15 is 0 Å². The number of rotatable bonds is 5. The van der Waals surface area contributed by atoms with Crippen LogP contribution in [0.3, 0.4) is 0 Å². The van der Waals surface area contributed by atoms with Crippen LogP contribution in [-0.2, 0) is 9.53 Å². The van der Waals surface area contributed by atoms with E-state index in [-0.39, 0.29) is 18.0 Å². The lowest BCUT2D eigenvalue weighted by Crippen LogP contribution is -2.36. The summed E-state index contributed by atoms with van der Waals surface area (Å²) in [6.07, 6.45) is 0.339. The summed E-state index contributed by atoms with van der Waals surface area (Å²) in [6.45, 7) is 7.17. The molecular formula is C10H20N2O2. The van der Waals surface area contributed by atoms with Gasteiger partial charge in [0.2, 0.25) is 0 Å². The molecule has 82 valence electrons. The highest BCUT2D eigenvalue weighted by Gasteiger charge is 2.19. The second-order valence-corrected chi connectivity index (χ2v) is 3.91. The van der Waals surface area contributed by atoms with Crippen LogP contribution in [0.2, 0.25) is 0 Å². The van der Waals surface area contributed by atoms with E-state index < -0.39 is 6.04 Å². The fraction of sp³-hybridized carbons (Fsp3) is 0.800. The number of ether oxygens (including phenoxy) is 1. The van der Waals surface area contributed by atoms with Crippen molar-refractivity contribution in [2.45, 2.75) is 46.3 Å². The lowest BCUT2D eigenvalue weighted by molar-refractivity contribution is -0.149. The van der Waals surface area contributed by atoms with Gasteiger partial charge in [-0.2, -0.15) is 0 Å². The third kappa shape index (κ3) is 4.97. The summed E-state index contributed by atoms with van der Waals surface area (Å²) in [5, 5.41) is 7.37. The molecule has 0 aromatic heterocycles. The number of carbonyl (C=O) groups is 1. The number of hydrogen-bond donors (Lipinski definition) is 2. The van der Waals surface area contributed by atoms with Crippen LogP contribution in [0.4, 0.5) is 0 Å². The van der Waals surface area contributed by atoms with E-state index in [2.05, 4.69) is 0 Å². The Bertz CT molecular complexity index is 214. The molecule has 0 saturated carbocycles. The Balaban J connectivity index is 4.01. The number of carbonyl (C=O) groups excluding carboxylic acids is 1. The van der Waals surface area contributed by atoms with E-state index in [1.165, 1.54) is 0 Å². The van der Waals surface area contributed by atoms with Gasteiger partial charge in [0.1, 0.15) is 6.04 Å². The molecule has 0 aliphatic carbocycles. The zero-order valence-corrected chi connectivity index (χ0v) is 9.33. The van der Waals surface area contributed by atoms with Crippen molar-refractivity contribution in [1.29, 1.82) is 5.41 Å². The smallest absolute Gasteiger partial charge is 0.323 e. The van der Waals surface area contributed by atoms with E-state index in [0.29, 0.717) is 12.1 Å². The van der Waals surface area contributed by atoms with Crippen LogP contribution >= 0.6 is 0 Å². The molecule has 0 aliphatic rings. The van der Waals surface area contributed by atoms with Gasteiger partial charge in [0, 0.05) is 5.71 Å². The van der Waals surface area contributed by atoms with Crippen molar-refractivity contribution in [2.24, 2.45) is 11.7 Å². The quantitative estimate of drug-likeness (QED) is 0.519. The van der Waals surface area contributed by atoms with Crippen molar-refractivity contribution in [3.05, 3.63) is 0 Å². The molecule has 4 heteroatoms. The van der Waals surface area contributed by atoms with Crippen molar-refractivity contribution >= 4 is 11.7 Å². The van der Waals surface area contributed by atoms with Gasteiger partial charge < -0.3 is 15.9 Å². The van der Waals surface area contributed by atoms with E-state index in [1.54, 1.807) is 20.8 Å². The van der Waals surface area contributed by atoms with Gasteiger partial charge >= 0.3 is 5.97 Å².